The highest BCUT2D eigenvalue weighted by Gasteiger charge is 2.28. The molecule has 1 aromatic heterocycles. The Kier molecular flexibility index (Phi) is 6.64. The summed E-state index contributed by atoms with van der Waals surface area (Å²) < 4.78 is 0. The molecule has 1 aromatic rings. The molecule has 2 fully saturated rings. The van der Waals surface area contributed by atoms with Crippen LogP contribution in [0.4, 0.5) is 0 Å². The van der Waals surface area contributed by atoms with Gasteiger partial charge in [0.25, 0.3) is 0 Å². The zero-order valence-corrected chi connectivity index (χ0v) is 15.2. The van der Waals surface area contributed by atoms with Gasteiger partial charge in [0.05, 0.1) is 5.69 Å². The summed E-state index contributed by atoms with van der Waals surface area (Å²) in [7, 11) is 0. The van der Waals surface area contributed by atoms with E-state index >= 15 is 0 Å². The van der Waals surface area contributed by atoms with Crippen LogP contribution in [0.15, 0.2) is 18.2 Å². The largest absolute Gasteiger partial charge is 0.396 e. The summed E-state index contributed by atoms with van der Waals surface area (Å²) in [5.74, 6) is 0.901. The molecule has 24 heavy (non-hydrogen) atoms. The number of aromatic nitrogens is 1. The van der Waals surface area contributed by atoms with Crippen molar-refractivity contribution in [2.24, 2.45) is 5.92 Å². The van der Waals surface area contributed by atoms with Crippen LogP contribution in [-0.2, 0) is 6.54 Å². The Balaban J connectivity index is 1.56. The summed E-state index contributed by atoms with van der Waals surface area (Å²) in [6.45, 7) is 7.85. The molecule has 4 nitrogen and oxygen atoms in total. The van der Waals surface area contributed by atoms with Crippen molar-refractivity contribution in [3.8, 4) is 0 Å². The van der Waals surface area contributed by atoms with Gasteiger partial charge in [0, 0.05) is 51.1 Å². The average Bonchev–Trinajstić information content (AvgIpc) is 2.58. The van der Waals surface area contributed by atoms with Gasteiger partial charge in [-0.3, -0.25) is 9.88 Å². The van der Waals surface area contributed by atoms with E-state index in [0.29, 0.717) is 6.04 Å². The topological polar surface area (TPSA) is 39.6 Å². The van der Waals surface area contributed by atoms with Gasteiger partial charge in [-0.1, -0.05) is 25.3 Å². The van der Waals surface area contributed by atoms with Gasteiger partial charge in [0.2, 0.25) is 0 Å². The van der Waals surface area contributed by atoms with Gasteiger partial charge in [-0.25, -0.2) is 0 Å². The van der Waals surface area contributed by atoms with Gasteiger partial charge in [0.15, 0.2) is 0 Å². The molecule has 1 atom stereocenters. The Bertz CT molecular complexity index is 501. The molecule has 2 heterocycles. The number of aryl methyl sites for hydroxylation is 1. The number of hydrogen-bond acceptors (Lipinski definition) is 4. The van der Waals surface area contributed by atoms with E-state index in [1.54, 1.807) is 0 Å². The Hall–Kier alpha value is -0.970. The molecule has 1 aliphatic heterocycles. The van der Waals surface area contributed by atoms with Crippen molar-refractivity contribution in [1.29, 1.82) is 0 Å². The first-order valence-electron chi connectivity index (χ1n) is 9.74. The van der Waals surface area contributed by atoms with E-state index in [-0.39, 0.29) is 6.61 Å². The second-order valence-electron chi connectivity index (χ2n) is 7.67. The minimum Gasteiger partial charge on any atom is -0.396 e. The zero-order chi connectivity index (χ0) is 16.8. The van der Waals surface area contributed by atoms with Gasteiger partial charge >= 0.3 is 0 Å². The van der Waals surface area contributed by atoms with Crippen molar-refractivity contribution >= 4 is 0 Å². The molecule has 4 heteroatoms. The molecule has 134 valence electrons. The minimum atomic E-state index is 0.277. The van der Waals surface area contributed by atoms with Crippen molar-refractivity contribution < 1.29 is 5.11 Å². The van der Waals surface area contributed by atoms with Crippen molar-refractivity contribution in [2.75, 3.05) is 32.8 Å². The number of aliphatic hydroxyl groups is 1. The highest BCUT2D eigenvalue weighted by atomic mass is 16.3. The molecule has 1 N–H and O–H groups in total. The number of rotatable bonds is 6. The van der Waals surface area contributed by atoms with Crippen LogP contribution in [0.5, 0.6) is 0 Å². The first-order chi connectivity index (χ1) is 11.7. The number of aliphatic hydroxyl groups excluding tert-OH is 1. The molecule has 1 aliphatic carbocycles. The molecular weight excluding hydrogens is 298 g/mol. The van der Waals surface area contributed by atoms with Crippen molar-refractivity contribution in [3.63, 3.8) is 0 Å². The number of pyridine rings is 1. The maximum Gasteiger partial charge on any atom is 0.0547 e. The Morgan fingerprint density at radius 3 is 2.75 bits per heavy atom. The predicted octanol–water partition coefficient (Wildman–Crippen LogP) is 2.84. The van der Waals surface area contributed by atoms with Crippen molar-refractivity contribution in [3.05, 3.63) is 29.6 Å². The lowest BCUT2D eigenvalue weighted by Gasteiger charge is -2.42. The van der Waals surface area contributed by atoms with Crippen LogP contribution in [-0.4, -0.2) is 58.7 Å². The fourth-order valence-corrected chi connectivity index (χ4v) is 4.38. The Morgan fingerprint density at radius 2 is 2.00 bits per heavy atom. The third-order valence-corrected chi connectivity index (χ3v) is 5.70. The van der Waals surface area contributed by atoms with E-state index in [9.17, 15) is 5.11 Å². The highest BCUT2D eigenvalue weighted by molar-refractivity contribution is 5.10. The summed E-state index contributed by atoms with van der Waals surface area (Å²) in [6.07, 6.45) is 7.97. The quantitative estimate of drug-likeness (QED) is 0.870. The predicted molar refractivity (Wildman–Crippen MR) is 97.9 cm³/mol. The average molecular weight is 332 g/mol. The molecule has 2 aliphatic rings. The highest BCUT2D eigenvalue weighted by Crippen LogP contribution is 2.26. The first kappa shape index (κ1) is 17.8. The van der Waals surface area contributed by atoms with Gasteiger partial charge in [0.1, 0.15) is 0 Å². The standard InChI is InChI=1S/C20H33N3O/c1-17-6-5-9-19(21-17)15-23-12-11-22(16-20(23)10-13-24)14-18-7-3-2-4-8-18/h5-6,9,18,20,24H,2-4,7-8,10-16H2,1H3. The molecule has 1 saturated heterocycles. The van der Waals surface area contributed by atoms with Crippen molar-refractivity contribution in [2.45, 2.75) is 58.0 Å². The normalized spacial score (nSPS) is 24.3. The van der Waals surface area contributed by atoms with Gasteiger partial charge < -0.3 is 10.0 Å². The molecule has 1 saturated carbocycles. The van der Waals surface area contributed by atoms with Gasteiger partial charge in [-0.05, 0) is 44.2 Å². The van der Waals surface area contributed by atoms with Crippen LogP contribution in [0.2, 0.25) is 0 Å². The summed E-state index contributed by atoms with van der Waals surface area (Å²) in [6, 6.07) is 6.72. The second-order valence-corrected chi connectivity index (χ2v) is 7.67. The van der Waals surface area contributed by atoms with Crippen LogP contribution < -0.4 is 0 Å². The summed E-state index contributed by atoms with van der Waals surface area (Å²) in [4.78, 5) is 9.83. The fraction of sp³-hybridized carbons (Fsp3) is 0.750. The van der Waals surface area contributed by atoms with E-state index in [1.807, 2.05) is 0 Å². The third kappa shape index (κ3) is 5.01. The minimum absolute atomic E-state index is 0.277. The zero-order valence-electron chi connectivity index (χ0n) is 15.2. The van der Waals surface area contributed by atoms with Crippen LogP contribution in [0, 0.1) is 12.8 Å². The molecule has 0 bridgehead atoms. The van der Waals surface area contributed by atoms with E-state index < -0.39 is 0 Å². The lowest BCUT2D eigenvalue weighted by Crippen LogP contribution is -2.54. The number of hydrogen-bond donors (Lipinski definition) is 1. The molecule has 0 amide bonds. The summed E-state index contributed by atoms with van der Waals surface area (Å²) in [5, 5.41) is 9.49. The first-order valence-corrected chi connectivity index (χ1v) is 9.74. The maximum atomic E-state index is 9.49. The fourth-order valence-electron chi connectivity index (χ4n) is 4.38. The smallest absolute Gasteiger partial charge is 0.0547 e. The second kappa shape index (κ2) is 8.93. The molecule has 0 radical (unpaired) electrons. The monoisotopic (exact) mass is 331 g/mol. The van der Waals surface area contributed by atoms with E-state index in [1.165, 1.54) is 38.6 Å². The Labute approximate surface area is 146 Å². The molecule has 0 aromatic carbocycles. The van der Waals surface area contributed by atoms with Crippen LogP contribution in [0.25, 0.3) is 0 Å². The number of nitrogens with zero attached hydrogens (tertiary/aromatic N) is 3. The van der Waals surface area contributed by atoms with Gasteiger partial charge in [-0.2, -0.15) is 0 Å². The molecule has 3 rings (SSSR count). The van der Waals surface area contributed by atoms with E-state index in [0.717, 1.165) is 49.9 Å². The van der Waals surface area contributed by atoms with Crippen LogP contribution in [0.1, 0.15) is 49.9 Å². The van der Waals surface area contributed by atoms with Crippen LogP contribution >= 0.6 is 0 Å². The Morgan fingerprint density at radius 1 is 1.17 bits per heavy atom. The number of piperazine rings is 1. The summed E-state index contributed by atoms with van der Waals surface area (Å²) >= 11 is 0. The third-order valence-electron chi connectivity index (χ3n) is 5.70. The van der Waals surface area contributed by atoms with E-state index in [2.05, 4.69) is 39.9 Å². The molecule has 0 spiro atoms. The van der Waals surface area contributed by atoms with Crippen molar-refractivity contribution in [1.82, 2.24) is 14.8 Å². The summed E-state index contributed by atoms with van der Waals surface area (Å²) in [5.41, 5.74) is 2.24. The lowest BCUT2D eigenvalue weighted by atomic mass is 9.88. The van der Waals surface area contributed by atoms with Crippen LogP contribution in [0.3, 0.4) is 0 Å². The van der Waals surface area contributed by atoms with E-state index in [4.69, 9.17) is 0 Å². The lowest BCUT2D eigenvalue weighted by molar-refractivity contribution is 0.0419. The molecule has 1 unspecified atom stereocenters. The van der Waals surface area contributed by atoms with Gasteiger partial charge in [-0.15, -0.1) is 0 Å². The molecular formula is C20H33N3O. The SMILES string of the molecule is Cc1cccc(CN2CCN(CC3CCCCC3)CC2CCO)n1. The maximum absolute atomic E-state index is 9.49.